The lowest BCUT2D eigenvalue weighted by molar-refractivity contribution is 0.259. The topological polar surface area (TPSA) is 95.1 Å². The van der Waals surface area contributed by atoms with Crippen LogP contribution in [0, 0.1) is 0 Å². The number of benzene rings is 1. The standard InChI is InChI=1S/C11H13N3O3S/c15-8-11(9-4-2-1-3-5-9)14-18(16,17)10-6-12-13-7-10/h1-7,11,14-15H,8H2,(H,12,13)/t11-/m1/s1. The van der Waals surface area contributed by atoms with Gasteiger partial charge in [0.15, 0.2) is 0 Å². The average molecular weight is 267 g/mol. The van der Waals surface area contributed by atoms with E-state index in [1.807, 2.05) is 6.07 Å². The van der Waals surface area contributed by atoms with E-state index in [1.165, 1.54) is 12.4 Å². The molecule has 18 heavy (non-hydrogen) atoms. The van der Waals surface area contributed by atoms with Crippen LogP contribution in [0.5, 0.6) is 0 Å². The summed E-state index contributed by atoms with van der Waals surface area (Å²) in [6, 6.07) is 8.21. The fourth-order valence-electron chi connectivity index (χ4n) is 1.54. The van der Waals surface area contributed by atoms with Gasteiger partial charge in [-0.15, -0.1) is 0 Å². The molecule has 0 saturated heterocycles. The Hall–Kier alpha value is -1.70. The summed E-state index contributed by atoms with van der Waals surface area (Å²) in [5.41, 5.74) is 0.701. The molecule has 1 aromatic heterocycles. The summed E-state index contributed by atoms with van der Waals surface area (Å²) < 4.78 is 26.3. The van der Waals surface area contributed by atoms with E-state index in [9.17, 15) is 13.5 Å². The van der Waals surface area contributed by atoms with Crippen LogP contribution in [0.25, 0.3) is 0 Å². The molecule has 1 aromatic carbocycles. The fraction of sp³-hybridized carbons (Fsp3) is 0.182. The number of nitrogens with zero attached hydrogens (tertiary/aromatic N) is 1. The molecular formula is C11H13N3O3S. The molecule has 0 bridgehead atoms. The molecule has 7 heteroatoms. The van der Waals surface area contributed by atoms with Crippen molar-refractivity contribution in [2.75, 3.05) is 6.61 Å². The molecule has 0 aliphatic rings. The van der Waals surface area contributed by atoms with Gasteiger partial charge >= 0.3 is 0 Å². The van der Waals surface area contributed by atoms with Crippen LogP contribution in [0.3, 0.4) is 0 Å². The summed E-state index contributed by atoms with van der Waals surface area (Å²) in [6.07, 6.45) is 2.49. The fourth-order valence-corrected chi connectivity index (χ4v) is 2.66. The third kappa shape index (κ3) is 2.76. The van der Waals surface area contributed by atoms with Crippen LogP contribution >= 0.6 is 0 Å². The number of rotatable bonds is 5. The first kappa shape index (κ1) is 12.7. The molecule has 0 spiro atoms. The van der Waals surface area contributed by atoms with Crippen LogP contribution in [0.4, 0.5) is 0 Å². The second-order valence-electron chi connectivity index (χ2n) is 3.70. The molecule has 0 unspecified atom stereocenters. The van der Waals surface area contributed by atoms with Gasteiger partial charge in [-0.05, 0) is 5.56 Å². The second kappa shape index (κ2) is 5.30. The van der Waals surface area contributed by atoms with Gasteiger partial charge in [0.05, 0.1) is 18.8 Å². The Morgan fingerprint density at radius 2 is 2.06 bits per heavy atom. The van der Waals surface area contributed by atoms with E-state index in [-0.39, 0.29) is 11.5 Å². The minimum atomic E-state index is -3.68. The van der Waals surface area contributed by atoms with E-state index >= 15 is 0 Å². The minimum Gasteiger partial charge on any atom is -0.394 e. The summed E-state index contributed by atoms with van der Waals surface area (Å²) >= 11 is 0. The molecule has 0 aliphatic carbocycles. The lowest BCUT2D eigenvalue weighted by Gasteiger charge is -2.15. The van der Waals surface area contributed by atoms with Crippen molar-refractivity contribution in [2.24, 2.45) is 0 Å². The zero-order valence-corrected chi connectivity index (χ0v) is 10.3. The smallest absolute Gasteiger partial charge is 0.244 e. The zero-order valence-electron chi connectivity index (χ0n) is 9.45. The molecule has 2 rings (SSSR count). The predicted octanol–water partition coefficient (Wildman–Crippen LogP) is 0.422. The quantitative estimate of drug-likeness (QED) is 0.731. The van der Waals surface area contributed by atoms with E-state index in [0.29, 0.717) is 5.56 Å². The molecule has 1 heterocycles. The van der Waals surface area contributed by atoms with Crippen LogP contribution in [-0.2, 0) is 10.0 Å². The first-order valence-electron chi connectivity index (χ1n) is 5.30. The normalized spacial score (nSPS) is 13.4. The monoisotopic (exact) mass is 267 g/mol. The Morgan fingerprint density at radius 3 is 2.61 bits per heavy atom. The Morgan fingerprint density at radius 1 is 1.33 bits per heavy atom. The van der Waals surface area contributed by atoms with Crippen LogP contribution in [0.1, 0.15) is 11.6 Å². The van der Waals surface area contributed by atoms with E-state index in [4.69, 9.17) is 0 Å². The largest absolute Gasteiger partial charge is 0.394 e. The van der Waals surface area contributed by atoms with Crippen molar-refractivity contribution in [3.05, 3.63) is 48.3 Å². The number of aliphatic hydroxyl groups is 1. The molecule has 3 N–H and O–H groups in total. The molecule has 0 fully saturated rings. The minimum absolute atomic E-state index is 0.0388. The van der Waals surface area contributed by atoms with E-state index in [2.05, 4.69) is 14.9 Å². The first-order valence-corrected chi connectivity index (χ1v) is 6.79. The number of aromatic nitrogens is 2. The Labute approximate surface area is 105 Å². The molecule has 1 atom stereocenters. The van der Waals surface area contributed by atoms with E-state index < -0.39 is 16.1 Å². The van der Waals surface area contributed by atoms with Crippen molar-refractivity contribution in [3.63, 3.8) is 0 Å². The lowest BCUT2D eigenvalue weighted by atomic mass is 10.1. The third-order valence-corrected chi connectivity index (χ3v) is 3.90. The highest BCUT2D eigenvalue weighted by atomic mass is 32.2. The number of sulfonamides is 1. The van der Waals surface area contributed by atoms with Gasteiger partial charge in [-0.2, -0.15) is 5.10 Å². The highest BCUT2D eigenvalue weighted by molar-refractivity contribution is 7.89. The number of hydrogen-bond acceptors (Lipinski definition) is 4. The second-order valence-corrected chi connectivity index (χ2v) is 5.42. The van der Waals surface area contributed by atoms with Gasteiger partial charge in [-0.25, -0.2) is 13.1 Å². The highest BCUT2D eigenvalue weighted by Crippen LogP contribution is 2.15. The zero-order chi connectivity index (χ0) is 13.0. The molecule has 6 nitrogen and oxygen atoms in total. The van der Waals surface area contributed by atoms with Crippen LogP contribution < -0.4 is 4.72 Å². The van der Waals surface area contributed by atoms with Crippen LogP contribution in [0.2, 0.25) is 0 Å². The maximum absolute atomic E-state index is 12.0. The van der Waals surface area contributed by atoms with Gasteiger partial charge in [0.2, 0.25) is 10.0 Å². The van der Waals surface area contributed by atoms with Crippen molar-refractivity contribution >= 4 is 10.0 Å². The number of H-pyrrole nitrogens is 1. The van der Waals surface area contributed by atoms with Gasteiger partial charge in [-0.1, -0.05) is 30.3 Å². The van der Waals surface area contributed by atoms with Gasteiger partial charge in [0.25, 0.3) is 0 Å². The van der Waals surface area contributed by atoms with Crippen molar-refractivity contribution in [2.45, 2.75) is 10.9 Å². The lowest BCUT2D eigenvalue weighted by Crippen LogP contribution is -2.30. The molecule has 0 saturated carbocycles. The number of aliphatic hydroxyl groups excluding tert-OH is 1. The molecule has 96 valence electrons. The van der Waals surface area contributed by atoms with E-state index in [1.54, 1.807) is 24.3 Å². The summed E-state index contributed by atoms with van der Waals surface area (Å²) in [6.45, 7) is -0.318. The molecule has 0 amide bonds. The van der Waals surface area contributed by atoms with Crippen molar-refractivity contribution in [1.29, 1.82) is 0 Å². The predicted molar refractivity (Wildman–Crippen MR) is 65.2 cm³/mol. The van der Waals surface area contributed by atoms with Crippen molar-refractivity contribution in [1.82, 2.24) is 14.9 Å². The molecule has 0 aliphatic heterocycles. The van der Waals surface area contributed by atoms with Crippen LogP contribution in [-0.4, -0.2) is 30.3 Å². The van der Waals surface area contributed by atoms with Crippen molar-refractivity contribution < 1.29 is 13.5 Å². The summed E-state index contributed by atoms with van der Waals surface area (Å²) in [5.74, 6) is 0. The maximum Gasteiger partial charge on any atom is 0.244 e. The summed E-state index contributed by atoms with van der Waals surface area (Å²) in [5, 5.41) is 15.3. The average Bonchev–Trinajstić information content (AvgIpc) is 2.92. The molecule has 0 radical (unpaired) electrons. The van der Waals surface area contributed by atoms with Gasteiger partial charge in [-0.3, -0.25) is 5.10 Å². The SMILES string of the molecule is O=S(=O)(N[C@H](CO)c1ccccc1)c1cn[nH]c1. The third-order valence-electron chi connectivity index (χ3n) is 2.47. The van der Waals surface area contributed by atoms with Gasteiger partial charge in [0, 0.05) is 6.20 Å². The number of hydrogen-bond donors (Lipinski definition) is 3. The summed E-state index contributed by atoms with van der Waals surface area (Å²) in [4.78, 5) is 0.0388. The van der Waals surface area contributed by atoms with Gasteiger partial charge < -0.3 is 5.11 Å². The number of aromatic amines is 1. The summed E-state index contributed by atoms with van der Waals surface area (Å²) in [7, 11) is -3.68. The molecule has 2 aromatic rings. The Balaban J connectivity index is 2.22. The molecular weight excluding hydrogens is 254 g/mol. The van der Waals surface area contributed by atoms with Crippen LogP contribution in [0.15, 0.2) is 47.6 Å². The number of nitrogens with one attached hydrogen (secondary N) is 2. The maximum atomic E-state index is 12.0. The highest BCUT2D eigenvalue weighted by Gasteiger charge is 2.21. The van der Waals surface area contributed by atoms with Gasteiger partial charge in [0.1, 0.15) is 4.90 Å². The Bertz CT molecular complexity index is 581. The van der Waals surface area contributed by atoms with E-state index in [0.717, 1.165) is 0 Å². The Kier molecular flexibility index (Phi) is 3.75. The van der Waals surface area contributed by atoms with Crippen molar-refractivity contribution in [3.8, 4) is 0 Å². The first-order chi connectivity index (χ1) is 8.63.